The zero-order valence-corrected chi connectivity index (χ0v) is 9.67. The molecule has 0 unspecified atom stereocenters. The largest absolute Gasteiger partial charge is 0.314 e. The van der Waals surface area contributed by atoms with Gasteiger partial charge in [0.1, 0.15) is 0 Å². The maximum absolute atomic E-state index is 6.09. The summed E-state index contributed by atoms with van der Waals surface area (Å²) in [5.41, 5.74) is 1.17. The van der Waals surface area contributed by atoms with Gasteiger partial charge in [0.15, 0.2) is 0 Å². The normalized spacial score (nSPS) is 22.9. The summed E-state index contributed by atoms with van der Waals surface area (Å²) < 4.78 is 0. The Morgan fingerprint density at radius 1 is 1.67 bits per heavy atom. The third-order valence-electron chi connectivity index (χ3n) is 2.87. The van der Waals surface area contributed by atoms with Gasteiger partial charge >= 0.3 is 0 Å². The molecule has 1 aromatic rings. The quantitative estimate of drug-likeness (QED) is 0.828. The minimum absolute atomic E-state index is 0.572. The van der Waals surface area contributed by atoms with Crippen molar-refractivity contribution >= 4 is 11.6 Å². The van der Waals surface area contributed by atoms with E-state index in [0.29, 0.717) is 6.04 Å². The summed E-state index contributed by atoms with van der Waals surface area (Å²) in [5, 5.41) is 4.14. The van der Waals surface area contributed by atoms with E-state index in [0.717, 1.165) is 31.2 Å². The highest BCUT2D eigenvalue weighted by Crippen LogP contribution is 2.17. The number of aromatic nitrogens is 1. The number of pyridine rings is 1. The highest BCUT2D eigenvalue weighted by molar-refractivity contribution is 6.31. The molecule has 0 bridgehead atoms. The predicted octanol–water partition coefficient (Wildman–Crippen LogP) is 1.53. The van der Waals surface area contributed by atoms with E-state index in [9.17, 15) is 0 Å². The van der Waals surface area contributed by atoms with E-state index < -0.39 is 0 Å². The Balaban J connectivity index is 2.04. The fourth-order valence-corrected chi connectivity index (χ4v) is 2.05. The van der Waals surface area contributed by atoms with E-state index in [1.54, 1.807) is 12.4 Å². The molecule has 2 heterocycles. The Hall–Kier alpha value is -0.640. The van der Waals surface area contributed by atoms with Crippen molar-refractivity contribution < 1.29 is 0 Å². The van der Waals surface area contributed by atoms with Gasteiger partial charge in [0, 0.05) is 44.6 Å². The van der Waals surface area contributed by atoms with Crippen LogP contribution in [-0.2, 0) is 6.54 Å². The lowest BCUT2D eigenvalue weighted by Crippen LogP contribution is -2.49. The first-order valence-electron chi connectivity index (χ1n) is 5.30. The van der Waals surface area contributed by atoms with Gasteiger partial charge < -0.3 is 5.32 Å². The van der Waals surface area contributed by atoms with E-state index in [1.807, 2.05) is 6.07 Å². The summed E-state index contributed by atoms with van der Waals surface area (Å²) in [6.45, 7) is 6.36. The molecule has 0 spiro atoms. The zero-order valence-electron chi connectivity index (χ0n) is 8.91. The van der Waals surface area contributed by atoms with Gasteiger partial charge in [-0.2, -0.15) is 0 Å². The van der Waals surface area contributed by atoms with E-state index in [1.165, 1.54) is 5.56 Å². The number of rotatable bonds is 2. The van der Waals surface area contributed by atoms with Crippen LogP contribution >= 0.6 is 11.6 Å². The summed E-state index contributed by atoms with van der Waals surface area (Å²) in [4.78, 5) is 6.44. The fourth-order valence-electron chi connectivity index (χ4n) is 1.87. The van der Waals surface area contributed by atoms with Crippen molar-refractivity contribution in [2.75, 3.05) is 19.6 Å². The third-order valence-corrected chi connectivity index (χ3v) is 3.21. The van der Waals surface area contributed by atoms with Crippen LogP contribution in [0.5, 0.6) is 0 Å². The molecule has 0 aromatic carbocycles. The van der Waals surface area contributed by atoms with E-state index in [2.05, 4.69) is 22.1 Å². The topological polar surface area (TPSA) is 28.2 Å². The second-order valence-electron chi connectivity index (χ2n) is 3.99. The van der Waals surface area contributed by atoms with Gasteiger partial charge in [0.2, 0.25) is 0 Å². The van der Waals surface area contributed by atoms with Crippen LogP contribution in [0.1, 0.15) is 12.5 Å². The number of nitrogens with zero attached hydrogens (tertiary/aromatic N) is 2. The van der Waals surface area contributed by atoms with Gasteiger partial charge in [0.05, 0.1) is 5.02 Å². The molecule has 1 atom stereocenters. The predicted molar refractivity (Wildman–Crippen MR) is 62.0 cm³/mol. The van der Waals surface area contributed by atoms with Crippen LogP contribution in [0.25, 0.3) is 0 Å². The van der Waals surface area contributed by atoms with Crippen molar-refractivity contribution in [2.45, 2.75) is 19.5 Å². The van der Waals surface area contributed by atoms with Crippen LogP contribution < -0.4 is 5.32 Å². The maximum atomic E-state index is 6.09. The SMILES string of the molecule is C[C@H]1CNCCN1Cc1ccncc1Cl. The van der Waals surface area contributed by atoms with Gasteiger partial charge in [-0.1, -0.05) is 11.6 Å². The van der Waals surface area contributed by atoms with Crippen LogP contribution in [0.2, 0.25) is 5.02 Å². The molecule has 1 N–H and O–H groups in total. The lowest BCUT2D eigenvalue weighted by atomic mass is 10.1. The third kappa shape index (κ3) is 2.68. The molecular formula is C11H16ClN3. The standard InChI is InChI=1S/C11H16ClN3/c1-9-6-14-4-5-15(9)8-10-2-3-13-7-11(10)12/h2-3,7,9,14H,4-6,8H2,1H3/t9-/m0/s1. The second-order valence-corrected chi connectivity index (χ2v) is 4.40. The monoisotopic (exact) mass is 225 g/mol. The van der Waals surface area contributed by atoms with E-state index in [-0.39, 0.29) is 0 Å². The number of hydrogen-bond acceptors (Lipinski definition) is 3. The average molecular weight is 226 g/mol. The van der Waals surface area contributed by atoms with Crippen LogP contribution in [0, 0.1) is 0 Å². The Kier molecular flexibility index (Phi) is 3.57. The van der Waals surface area contributed by atoms with Crippen LogP contribution in [0.15, 0.2) is 18.5 Å². The summed E-state index contributed by atoms with van der Waals surface area (Å²) in [7, 11) is 0. The molecule has 82 valence electrons. The average Bonchev–Trinajstić information content (AvgIpc) is 2.24. The molecule has 1 fully saturated rings. The van der Waals surface area contributed by atoms with Gasteiger partial charge in [-0.3, -0.25) is 9.88 Å². The van der Waals surface area contributed by atoms with E-state index >= 15 is 0 Å². The Morgan fingerprint density at radius 2 is 2.53 bits per heavy atom. The first-order valence-corrected chi connectivity index (χ1v) is 5.68. The summed E-state index contributed by atoms with van der Waals surface area (Å²) in [6, 6.07) is 2.57. The first kappa shape index (κ1) is 10.9. The molecular weight excluding hydrogens is 210 g/mol. The minimum atomic E-state index is 0.572. The smallest absolute Gasteiger partial charge is 0.0634 e. The van der Waals surface area contributed by atoms with Crippen molar-refractivity contribution in [1.82, 2.24) is 15.2 Å². The highest BCUT2D eigenvalue weighted by Gasteiger charge is 2.18. The molecule has 1 aromatic heterocycles. The van der Waals surface area contributed by atoms with Crippen molar-refractivity contribution in [2.24, 2.45) is 0 Å². The Bertz CT molecular complexity index is 329. The Labute approximate surface area is 95.4 Å². The van der Waals surface area contributed by atoms with Crippen molar-refractivity contribution in [3.63, 3.8) is 0 Å². The Morgan fingerprint density at radius 3 is 3.27 bits per heavy atom. The van der Waals surface area contributed by atoms with Crippen LogP contribution in [0.3, 0.4) is 0 Å². The molecule has 1 aliphatic heterocycles. The van der Waals surface area contributed by atoms with Crippen LogP contribution in [0.4, 0.5) is 0 Å². The van der Waals surface area contributed by atoms with Gasteiger partial charge in [-0.15, -0.1) is 0 Å². The highest BCUT2D eigenvalue weighted by atomic mass is 35.5. The molecule has 0 radical (unpaired) electrons. The molecule has 15 heavy (non-hydrogen) atoms. The van der Waals surface area contributed by atoms with Crippen LogP contribution in [-0.4, -0.2) is 35.6 Å². The maximum Gasteiger partial charge on any atom is 0.0634 e. The van der Waals surface area contributed by atoms with Gasteiger partial charge in [0.25, 0.3) is 0 Å². The summed E-state index contributed by atoms with van der Waals surface area (Å²) in [6.07, 6.45) is 3.51. The number of halogens is 1. The molecule has 2 rings (SSSR count). The number of hydrogen-bond donors (Lipinski definition) is 1. The fraction of sp³-hybridized carbons (Fsp3) is 0.545. The number of piperazine rings is 1. The lowest BCUT2D eigenvalue weighted by Gasteiger charge is -2.34. The van der Waals surface area contributed by atoms with E-state index in [4.69, 9.17) is 11.6 Å². The zero-order chi connectivity index (χ0) is 10.7. The molecule has 0 amide bonds. The molecule has 4 heteroatoms. The second kappa shape index (κ2) is 4.92. The molecule has 0 aliphatic carbocycles. The summed E-state index contributed by atoms with van der Waals surface area (Å²) in [5.74, 6) is 0. The minimum Gasteiger partial charge on any atom is -0.314 e. The molecule has 1 saturated heterocycles. The summed E-state index contributed by atoms with van der Waals surface area (Å²) >= 11 is 6.09. The molecule has 1 aliphatic rings. The first-order chi connectivity index (χ1) is 7.27. The number of nitrogens with one attached hydrogen (secondary N) is 1. The van der Waals surface area contributed by atoms with Crippen molar-refractivity contribution in [3.8, 4) is 0 Å². The lowest BCUT2D eigenvalue weighted by molar-refractivity contribution is 0.165. The van der Waals surface area contributed by atoms with Crippen molar-refractivity contribution in [3.05, 3.63) is 29.0 Å². The van der Waals surface area contributed by atoms with Gasteiger partial charge in [-0.25, -0.2) is 0 Å². The molecule has 3 nitrogen and oxygen atoms in total. The van der Waals surface area contributed by atoms with Crippen molar-refractivity contribution in [1.29, 1.82) is 0 Å². The molecule has 0 saturated carbocycles. The van der Waals surface area contributed by atoms with Gasteiger partial charge in [-0.05, 0) is 18.6 Å².